The number of hydrogen-bond donors (Lipinski definition) is 2. The van der Waals surface area contributed by atoms with Crippen LogP contribution in [0.4, 0.5) is 0 Å². The van der Waals surface area contributed by atoms with Gasteiger partial charge >= 0.3 is 0 Å². The fraction of sp³-hybridized carbons (Fsp3) is 0.438. The number of nitrogens with zero attached hydrogens (tertiary/aromatic N) is 3. The maximum absolute atomic E-state index is 5.65. The molecule has 2 rings (SSSR count). The quantitative estimate of drug-likeness (QED) is 0.294. The van der Waals surface area contributed by atoms with Crippen LogP contribution in [0.1, 0.15) is 17.3 Å². The molecule has 0 spiro atoms. The van der Waals surface area contributed by atoms with Crippen molar-refractivity contribution in [2.45, 2.75) is 20.3 Å². The first-order chi connectivity index (χ1) is 11.2. The van der Waals surface area contributed by atoms with E-state index in [0.29, 0.717) is 43.8 Å². The van der Waals surface area contributed by atoms with Gasteiger partial charge in [-0.3, -0.25) is 4.99 Å². The molecular formula is C16H24IN5O2. The highest BCUT2D eigenvalue weighted by Crippen LogP contribution is 2.10. The van der Waals surface area contributed by atoms with E-state index in [1.807, 2.05) is 24.3 Å². The number of ether oxygens (including phenoxy) is 1. The van der Waals surface area contributed by atoms with Gasteiger partial charge in [-0.25, -0.2) is 0 Å². The average Bonchev–Trinajstić information content (AvgIpc) is 2.97. The van der Waals surface area contributed by atoms with E-state index in [9.17, 15) is 0 Å². The second-order valence-electron chi connectivity index (χ2n) is 5.07. The Kier molecular flexibility index (Phi) is 9.13. The summed E-state index contributed by atoms with van der Waals surface area (Å²) in [7, 11) is 1.73. The molecule has 0 aliphatic carbocycles. The largest absolute Gasteiger partial charge is 0.492 e. The standard InChI is InChI=1S/C16H23N5O2.HI/c1-12-4-6-14(7-5-12)22-11-10-19-16(17-3)18-9-8-15-20-13(2)21-23-15;/h4-7H,8-11H2,1-3H3,(H2,17,18,19);1H. The van der Waals surface area contributed by atoms with E-state index in [2.05, 4.69) is 32.7 Å². The molecule has 1 aromatic carbocycles. The second-order valence-corrected chi connectivity index (χ2v) is 5.07. The number of halogens is 1. The molecule has 0 amide bonds. The van der Waals surface area contributed by atoms with Gasteiger partial charge in [-0.1, -0.05) is 22.9 Å². The minimum absolute atomic E-state index is 0. The van der Waals surface area contributed by atoms with Crippen LogP contribution >= 0.6 is 24.0 Å². The van der Waals surface area contributed by atoms with Gasteiger partial charge in [0.2, 0.25) is 5.89 Å². The van der Waals surface area contributed by atoms with Gasteiger partial charge in [-0.2, -0.15) is 4.98 Å². The Labute approximate surface area is 159 Å². The summed E-state index contributed by atoms with van der Waals surface area (Å²) in [5.41, 5.74) is 1.22. The minimum atomic E-state index is 0. The Balaban J connectivity index is 0.00000288. The van der Waals surface area contributed by atoms with Crippen LogP contribution in [0.2, 0.25) is 0 Å². The molecule has 0 fully saturated rings. The molecule has 2 N–H and O–H groups in total. The summed E-state index contributed by atoms with van der Waals surface area (Å²) < 4.78 is 10.7. The fourth-order valence-corrected chi connectivity index (χ4v) is 1.92. The predicted octanol–water partition coefficient (Wildman–Crippen LogP) is 2.09. The van der Waals surface area contributed by atoms with Crippen molar-refractivity contribution in [1.29, 1.82) is 0 Å². The van der Waals surface area contributed by atoms with Crippen LogP contribution in [0, 0.1) is 13.8 Å². The molecule has 24 heavy (non-hydrogen) atoms. The van der Waals surface area contributed by atoms with Gasteiger partial charge in [0.25, 0.3) is 0 Å². The molecule has 2 aromatic rings. The normalized spacial score (nSPS) is 10.9. The second kappa shape index (κ2) is 10.8. The molecule has 0 bridgehead atoms. The van der Waals surface area contributed by atoms with Crippen molar-refractivity contribution in [3.05, 3.63) is 41.5 Å². The van der Waals surface area contributed by atoms with Gasteiger partial charge in [-0.05, 0) is 26.0 Å². The lowest BCUT2D eigenvalue weighted by molar-refractivity contribution is 0.322. The highest BCUT2D eigenvalue weighted by molar-refractivity contribution is 14.0. The van der Waals surface area contributed by atoms with Crippen LogP contribution in [0.25, 0.3) is 0 Å². The molecule has 1 aromatic heterocycles. The molecule has 8 heteroatoms. The van der Waals surface area contributed by atoms with E-state index in [1.54, 1.807) is 14.0 Å². The zero-order valence-electron chi connectivity index (χ0n) is 14.2. The smallest absolute Gasteiger partial charge is 0.228 e. The number of rotatable bonds is 7. The number of hydrogen-bond acceptors (Lipinski definition) is 5. The number of aliphatic imine (C=N–C) groups is 1. The van der Waals surface area contributed by atoms with Crippen molar-refractivity contribution in [1.82, 2.24) is 20.8 Å². The summed E-state index contributed by atoms with van der Waals surface area (Å²) in [6.07, 6.45) is 0.654. The van der Waals surface area contributed by atoms with Gasteiger partial charge in [0.05, 0.1) is 6.54 Å². The van der Waals surface area contributed by atoms with Gasteiger partial charge in [0, 0.05) is 20.0 Å². The van der Waals surface area contributed by atoms with Crippen LogP contribution in [-0.4, -0.2) is 42.8 Å². The van der Waals surface area contributed by atoms with Crippen LogP contribution in [0.3, 0.4) is 0 Å². The van der Waals surface area contributed by atoms with E-state index < -0.39 is 0 Å². The molecule has 0 aliphatic rings. The van der Waals surface area contributed by atoms with Crippen LogP contribution in [-0.2, 0) is 6.42 Å². The fourth-order valence-electron chi connectivity index (χ4n) is 1.92. The molecule has 132 valence electrons. The monoisotopic (exact) mass is 445 g/mol. The lowest BCUT2D eigenvalue weighted by atomic mass is 10.2. The zero-order valence-corrected chi connectivity index (χ0v) is 16.5. The Hall–Kier alpha value is -1.84. The highest BCUT2D eigenvalue weighted by Gasteiger charge is 2.03. The van der Waals surface area contributed by atoms with Crippen LogP contribution in [0.5, 0.6) is 5.75 Å². The summed E-state index contributed by atoms with van der Waals surface area (Å²) in [5, 5.41) is 10.1. The molecule has 7 nitrogen and oxygen atoms in total. The highest BCUT2D eigenvalue weighted by atomic mass is 127. The van der Waals surface area contributed by atoms with E-state index in [0.717, 1.165) is 5.75 Å². The summed E-state index contributed by atoms with van der Waals surface area (Å²) in [6.45, 7) is 5.74. The van der Waals surface area contributed by atoms with Gasteiger partial charge in [-0.15, -0.1) is 24.0 Å². The Bertz CT molecular complexity index is 628. The number of guanidine groups is 1. The number of aryl methyl sites for hydroxylation is 2. The lowest BCUT2D eigenvalue weighted by Crippen LogP contribution is -2.40. The van der Waals surface area contributed by atoms with E-state index in [4.69, 9.17) is 9.26 Å². The summed E-state index contributed by atoms with van der Waals surface area (Å²) in [5.74, 6) is 2.85. The van der Waals surface area contributed by atoms with Crippen LogP contribution in [0.15, 0.2) is 33.8 Å². The lowest BCUT2D eigenvalue weighted by Gasteiger charge is -2.12. The number of nitrogens with one attached hydrogen (secondary N) is 2. The molecule has 0 unspecified atom stereocenters. The van der Waals surface area contributed by atoms with Gasteiger partial charge in [0.1, 0.15) is 12.4 Å². The minimum Gasteiger partial charge on any atom is -0.492 e. The van der Waals surface area contributed by atoms with Crippen molar-refractivity contribution >= 4 is 29.9 Å². The van der Waals surface area contributed by atoms with Crippen molar-refractivity contribution in [3.63, 3.8) is 0 Å². The third kappa shape index (κ3) is 7.16. The predicted molar refractivity (Wildman–Crippen MR) is 104 cm³/mol. The maximum atomic E-state index is 5.65. The topological polar surface area (TPSA) is 84.6 Å². The number of benzene rings is 1. The van der Waals surface area contributed by atoms with Gasteiger partial charge in [0.15, 0.2) is 11.8 Å². The van der Waals surface area contributed by atoms with Crippen molar-refractivity contribution < 1.29 is 9.26 Å². The van der Waals surface area contributed by atoms with Crippen molar-refractivity contribution in [2.24, 2.45) is 4.99 Å². The number of aromatic nitrogens is 2. The van der Waals surface area contributed by atoms with E-state index in [-0.39, 0.29) is 24.0 Å². The Morgan fingerprint density at radius 2 is 1.88 bits per heavy atom. The summed E-state index contributed by atoms with van der Waals surface area (Å²) in [4.78, 5) is 8.30. The Morgan fingerprint density at radius 1 is 1.17 bits per heavy atom. The van der Waals surface area contributed by atoms with E-state index in [1.165, 1.54) is 5.56 Å². The Morgan fingerprint density at radius 3 is 2.50 bits per heavy atom. The third-order valence-electron chi connectivity index (χ3n) is 3.11. The molecule has 1 heterocycles. The first kappa shape index (κ1) is 20.2. The molecule has 0 radical (unpaired) electrons. The average molecular weight is 445 g/mol. The molecule has 0 saturated carbocycles. The first-order valence-corrected chi connectivity index (χ1v) is 7.60. The first-order valence-electron chi connectivity index (χ1n) is 7.60. The molecule has 0 atom stereocenters. The molecule has 0 saturated heterocycles. The molecular weight excluding hydrogens is 421 g/mol. The SMILES string of the molecule is CN=C(NCCOc1ccc(C)cc1)NCCc1nc(C)no1.I. The third-order valence-corrected chi connectivity index (χ3v) is 3.11. The summed E-state index contributed by atoms with van der Waals surface area (Å²) >= 11 is 0. The van der Waals surface area contributed by atoms with E-state index >= 15 is 0 Å². The maximum Gasteiger partial charge on any atom is 0.228 e. The summed E-state index contributed by atoms with van der Waals surface area (Å²) in [6, 6.07) is 7.99. The van der Waals surface area contributed by atoms with Crippen molar-refractivity contribution in [3.8, 4) is 5.75 Å². The zero-order chi connectivity index (χ0) is 16.5. The van der Waals surface area contributed by atoms with Crippen molar-refractivity contribution in [2.75, 3.05) is 26.7 Å². The van der Waals surface area contributed by atoms with Gasteiger partial charge < -0.3 is 19.9 Å². The molecule has 0 aliphatic heterocycles. The van der Waals surface area contributed by atoms with Crippen LogP contribution < -0.4 is 15.4 Å².